The Morgan fingerprint density at radius 3 is 2.70 bits per heavy atom. The highest BCUT2D eigenvalue weighted by Crippen LogP contribution is 2.31. The molecule has 0 spiro atoms. The predicted octanol–water partition coefficient (Wildman–Crippen LogP) is 3.18. The van der Waals surface area contributed by atoms with Crippen molar-refractivity contribution in [3.8, 4) is 0 Å². The number of fused-ring (bicyclic) bond motifs is 1. The number of nitrogens with one attached hydrogen (secondary N) is 1. The Morgan fingerprint density at radius 1 is 1.19 bits per heavy atom. The highest BCUT2D eigenvalue weighted by atomic mass is 32.2. The molecular weight excluding hydrogens is 364 g/mol. The monoisotopic (exact) mass is 388 g/mol. The molecule has 2 aliphatic rings. The van der Waals surface area contributed by atoms with Crippen LogP contribution < -0.4 is 5.32 Å². The van der Waals surface area contributed by atoms with Gasteiger partial charge in [-0.05, 0) is 50.2 Å². The van der Waals surface area contributed by atoms with Gasteiger partial charge in [0.1, 0.15) is 10.7 Å². The van der Waals surface area contributed by atoms with E-state index in [1.54, 1.807) is 6.92 Å². The van der Waals surface area contributed by atoms with Gasteiger partial charge >= 0.3 is 0 Å². The van der Waals surface area contributed by atoms with Gasteiger partial charge in [-0.15, -0.1) is 0 Å². The maximum absolute atomic E-state index is 12.8. The molecule has 1 aliphatic carbocycles. The van der Waals surface area contributed by atoms with Gasteiger partial charge in [0.25, 0.3) is 5.91 Å². The molecule has 1 N–H and O–H groups in total. The lowest BCUT2D eigenvalue weighted by molar-refractivity contribution is 0.0903. The van der Waals surface area contributed by atoms with Crippen LogP contribution in [0.25, 0.3) is 0 Å². The Bertz CT molecular complexity index is 958. The van der Waals surface area contributed by atoms with Gasteiger partial charge in [0.15, 0.2) is 5.76 Å². The molecule has 1 aliphatic heterocycles. The number of carbonyl (C=O) groups is 1. The first kappa shape index (κ1) is 18.3. The standard InChI is InChI=1S/C20H24N2O4S/c1-14-19(27(24,25)22-11-4-5-12-22)13-18(26-14)20(23)21-17-10-6-8-15-7-2-3-9-16(15)17/h2-3,7,9,13,17H,4-6,8,10-12H2,1H3,(H,21,23). The Kier molecular flexibility index (Phi) is 4.82. The maximum Gasteiger partial charge on any atom is 0.287 e. The predicted molar refractivity (Wildman–Crippen MR) is 101 cm³/mol. The minimum Gasteiger partial charge on any atom is -0.455 e. The summed E-state index contributed by atoms with van der Waals surface area (Å²) in [5.74, 6) is -0.0629. The van der Waals surface area contributed by atoms with Crippen LogP contribution >= 0.6 is 0 Å². The Morgan fingerprint density at radius 2 is 1.93 bits per heavy atom. The number of hydrogen-bond donors (Lipinski definition) is 1. The van der Waals surface area contributed by atoms with Gasteiger partial charge in [0, 0.05) is 19.2 Å². The molecule has 2 heterocycles. The van der Waals surface area contributed by atoms with E-state index in [2.05, 4.69) is 11.4 Å². The normalized spacial score (nSPS) is 20.4. The molecule has 1 saturated heterocycles. The summed E-state index contributed by atoms with van der Waals surface area (Å²) in [7, 11) is -3.60. The van der Waals surface area contributed by atoms with Crippen LogP contribution in [0.4, 0.5) is 0 Å². The van der Waals surface area contributed by atoms with Crippen LogP contribution in [0.15, 0.2) is 39.6 Å². The van der Waals surface area contributed by atoms with Crippen molar-refractivity contribution in [2.45, 2.75) is 50.0 Å². The summed E-state index contributed by atoms with van der Waals surface area (Å²) in [5, 5.41) is 3.01. The second-order valence-corrected chi connectivity index (χ2v) is 9.17. The molecule has 1 fully saturated rings. The molecule has 4 rings (SSSR count). The second-order valence-electron chi connectivity index (χ2n) is 7.26. The summed E-state index contributed by atoms with van der Waals surface area (Å²) >= 11 is 0. The molecule has 6 nitrogen and oxygen atoms in total. The summed E-state index contributed by atoms with van der Waals surface area (Å²) < 4.78 is 32.6. The summed E-state index contributed by atoms with van der Waals surface area (Å²) in [4.78, 5) is 12.8. The number of furan rings is 1. The number of benzene rings is 1. The first-order valence-corrected chi connectivity index (χ1v) is 10.9. The van der Waals surface area contributed by atoms with Crippen molar-refractivity contribution in [3.05, 3.63) is 53.0 Å². The average Bonchev–Trinajstić information content (AvgIpc) is 3.32. The van der Waals surface area contributed by atoms with E-state index in [1.165, 1.54) is 15.9 Å². The van der Waals surface area contributed by atoms with Gasteiger partial charge in [0.05, 0.1) is 6.04 Å². The number of amides is 1. The number of rotatable bonds is 4. The van der Waals surface area contributed by atoms with Gasteiger partial charge in [-0.1, -0.05) is 24.3 Å². The first-order chi connectivity index (χ1) is 13.0. The van der Waals surface area contributed by atoms with Gasteiger partial charge in [0.2, 0.25) is 10.0 Å². The van der Waals surface area contributed by atoms with Crippen LogP contribution in [0.1, 0.15) is 59.2 Å². The molecule has 27 heavy (non-hydrogen) atoms. The van der Waals surface area contributed by atoms with Gasteiger partial charge < -0.3 is 9.73 Å². The minimum atomic E-state index is -3.60. The molecule has 1 aromatic carbocycles. The quantitative estimate of drug-likeness (QED) is 0.872. The zero-order chi connectivity index (χ0) is 19.0. The maximum atomic E-state index is 12.8. The highest BCUT2D eigenvalue weighted by Gasteiger charge is 2.32. The molecule has 1 aromatic heterocycles. The number of hydrogen-bond acceptors (Lipinski definition) is 4. The van der Waals surface area contributed by atoms with Crippen molar-refractivity contribution in [1.82, 2.24) is 9.62 Å². The van der Waals surface area contributed by atoms with Gasteiger partial charge in [-0.3, -0.25) is 4.79 Å². The molecular formula is C20H24N2O4S. The van der Waals surface area contributed by atoms with Crippen LogP contribution in [0.5, 0.6) is 0 Å². The van der Waals surface area contributed by atoms with E-state index in [4.69, 9.17) is 4.42 Å². The van der Waals surface area contributed by atoms with Crippen molar-refractivity contribution in [2.24, 2.45) is 0 Å². The van der Waals surface area contributed by atoms with Crippen molar-refractivity contribution < 1.29 is 17.6 Å². The Balaban J connectivity index is 1.56. The SMILES string of the molecule is Cc1oc(C(=O)NC2CCCc3ccccc32)cc1S(=O)(=O)N1CCCC1. The van der Waals surface area contributed by atoms with Crippen molar-refractivity contribution in [3.63, 3.8) is 0 Å². The Labute approximate surface area is 159 Å². The third kappa shape index (κ3) is 3.41. The topological polar surface area (TPSA) is 79.6 Å². The molecule has 1 unspecified atom stereocenters. The molecule has 7 heteroatoms. The molecule has 0 radical (unpaired) electrons. The van der Waals surface area contributed by atoms with Gasteiger partial charge in [-0.2, -0.15) is 4.31 Å². The lowest BCUT2D eigenvalue weighted by atomic mass is 9.88. The summed E-state index contributed by atoms with van der Waals surface area (Å²) in [5.41, 5.74) is 2.38. The minimum absolute atomic E-state index is 0.0494. The fraction of sp³-hybridized carbons (Fsp3) is 0.450. The van der Waals surface area contributed by atoms with Gasteiger partial charge in [-0.25, -0.2) is 8.42 Å². The van der Waals surface area contributed by atoms with Crippen molar-refractivity contribution >= 4 is 15.9 Å². The van der Waals surface area contributed by atoms with Crippen LogP contribution in [0.2, 0.25) is 0 Å². The molecule has 1 atom stereocenters. The number of aryl methyl sites for hydroxylation is 2. The lowest BCUT2D eigenvalue weighted by Gasteiger charge is -2.25. The van der Waals surface area contributed by atoms with Crippen molar-refractivity contribution in [2.75, 3.05) is 13.1 Å². The van der Waals surface area contributed by atoms with Crippen molar-refractivity contribution in [1.29, 1.82) is 0 Å². The molecule has 0 bridgehead atoms. The summed E-state index contributed by atoms with van der Waals surface area (Å²) in [6, 6.07) is 9.40. The average molecular weight is 388 g/mol. The van der Waals surface area contributed by atoms with E-state index in [9.17, 15) is 13.2 Å². The van der Waals surface area contributed by atoms with E-state index < -0.39 is 10.0 Å². The number of nitrogens with zero attached hydrogens (tertiary/aromatic N) is 1. The third-order valence-electron chi connectivity index (χ3n) is 5.45. The highest BCUT2D eigenvalue weighted by molar-refractivity contribution is 7.89. The zero-order valence-corrected chi connectivity index (χ0v) is 16.2. The first-order valence-electron chi connectivity index (χ1n) is 9.46. The molecule has 144 valence electrons. The van der Waals surface area contributed by atoms with Crippen LogP contribution in [0.3, 0.4) is 0 Å². The van der Waals surface area contributed by atoms with E-state index in [-0.39, 0.29) is 28.4 Å². The summed E-state index contributed by atoms with van der Waals surface area (Å²) in [6.07, 6.45) is 4.62. The third-order valence-corrected chi connectivity index (χ3v) is 7.46. The van der Waals surface area contributed by atoms with Crippen LogP contribution in [-0.4, -0.2) is 31.7 Å². The second kappa shape index (κ2) is 7.13. The zero-order valence-electron chi connectivity index (χ0n) is 15.4. The van der Waals surface area contributed by atoms with Crippen LogP contribution in [-0.2, 0) is 16.4 Å². The summed E-state index contributed by atoms with van der Waals surface area (Å²) in [6.45, 7) is 2.64. The largest absolute Gasteiger partial charge is 0.455 e. The number of sulfonamides is 1. The molecule has 2 aromatic rings. The van der Waals surface area contributed by atoms with E-state index >= 15 is 0 Å². The lowest BCUT2D eigenvalue weighted by Crippen LogP contribution is -2.30. The van der Waals surface area contributed by atoms with Crippen LogP contribution in [0, 0.1) is 6.92 Å². The Hall–Kier alpha value is -2.12. The molecule has 1 amide bonds. The fourth-order valence-corrected chi connectivity index (χ4v) is 5.71. The van der Waals surface area contributed by atoms with E-state index in [1.807, 2.05) is 18.2 Å². The number of carbonyl (C=O) groups excluding carboxylic acids is 1. The van der Waals surface area contributed by atoms with E-state index in [0.29, 0.717) is 13.1 Å². The van der Waals surface area contributed by atoms with E-state index in [0.717, 1.165) is 37.7 Å². The smallest absolute Gasteiger partial charge is 0.287 e. The molecule has 0 saturated carbocycles. The fourth-order valence-electron chi connectivity index (χ4n) is 4.03.